The van der Waals surface area contributed by atoms with Crippen molar-refractivity contribution in [1.82, 2.24) is 19.5 Å². The van der Waals surface area contributed by atoms with E-state index in [4.69, 9.17) is 17.4 Å². The van der Waals surface area contributed by atoms with Gasteiger partial charge in [-0.1, -0.05) is 23.7 Å². The highest BCUT2D eigenvalue weighted by atomic mass is 35.5. The van der Waals surface area contributed by atoms with Crippen molar-refractivity contribution in [2.45, 2.75) is 17.9 Å². The minimum Gasteiger partial charge on any atom is -0.297 e. The number of nitrogens with zero attached hydrogens (tertiary/aromatic N) is 4. The Labute approximate surface area is 168 Å². The summed E-state index contributed by atoms with van der Waals surface area (Å²) in [6.45, 7) is 2.67. The van der Waals surface area contributed by atoms with Crippen molar-refractivity contribution in [2.24, 2.45) is 5.84 Å². The molecule has 146 valence electrons. The number of halogens is 1. The standard InChI is InChI=1S/C19H20ClN5O2S/c1-13(24-8-3-9-25(24)21)16-10-17(20)18-11-22-12-23(18)19(16)14-4-6-15(7-5-14)28(2,26)27/h3-8,10-13H,9,21H2,1-2H3. The van der Waals surface area contributed by atoms with E-state index in [1.807, 2.05) is 34.7 Å². The molecule has 0 fully saturated rings. The normalized spacial score (nSPS) is 16.2. The summed E-state index contributed by atoms with van der Waals surface area (Å²) in [6.07, 6.45) is 8.52. The average molecular weight is 418 g/mol. The molecule has 3 heterocycles. The minimum absolute atomic E-state index is 0.0994. The molecule has 0 spiro atoms. The molecule has 4 rings (SSSR count). The van der Waals surface area contributed by atoms with E-state index in [0.717, 1.165) is 22.3 Å². The van der Waals surface area contributed by atoms with E-state index in [1.165, 1.54) is 6.26 Å². The Kier molecular flexibility index (Phi) is 4.67. The summed E-state index contributed by atoms with van der Waals surface area (Å²) in [4.78, 5) is 4.51. The van der Waals surface area contributed by atoms with Gasteiger partial charge in [0.2, 0.25) is 0 Å². The minimum atomic E-state index is -3.27. The number of rotatable bonds is 4. The monoisotopic (exact) mass is 417 g/mol. The first kappa shape index (κ1) is 18.9. The molecule has 0 saturated carbocycles. The van der Waals surface area contributed by atoms with Gasteiger partial charge >= 0.3 is 0 Å². The molecule has 0 radical (unpaired) electrons. The van der Waals surface area contributed by atoms with Crippen molar-refractivity contribution in [3.05, 3.63) is 65.7 Å². The van der Waals surface area contributed by atoms with Crippen molar-refractivity contribution in [1.29, 1.82) is 0 Å². The van der Waals surface area contributed by atoms with Crippen LogP contribution >= 0.6 is 11.6 Å². The van der Waals surface area contributed by atoms with Gasteiger partial charge in [0.05, 0.1) is 46.2 Å². The van der Waals surface area contributed by atoms with E-state index < -0.39 is 9.84 Å². The van der Waals surface area contributed by atoms with Gasteiger partial charge in [0.1, 0.15) is 0 Å². The third kappa shape index (κ3) is 3.18. The van der Waals surface area contributed by atoms with Crippen LogP contribution < -0.4 is 5.84 Å². The Balaban J connectivity index is 1.92. The van der Waals surface area contributed by atoms with E-state index >= 15 is 0 Å². The smallest absolute Gasteiger partial charge is 0.175 e. The maximum atomic E-state index is 11.8. The molecule has 0 amide bonds. The van der Waals surface area contributed by atoms with Gasteiger partial charge in [-0.15, -0.1) is 0 Å². The van der Waals surface area contributed by atoms with Crippen LogP contribution in [-0.2, 0) is 9.84 Å². The third-order valence-electron chi connectivity index (χ3n) is 4.93. The molecule has 9 heteroatoms. The molecule has 1 aliphatic heterocycles. The molecule has 1 atom stereocenters. The van der Waals surface area contributed by atoms with Gasteiger partial charge in [0.15, 0.2) is 9.84 Å². The molecule has 0 bridgehead atoms. The molecule has 28 heavy (non-hydrogen) atoms. The molecule has 2 aromatic heterocycles. The van der Waals surface area contributed by atoms with Crippen molar-refractivity contribution in [3.63, 3.8) is 0 Å². The predicted octanol–water partition coefficient (Wildman–Crippen LogP) is 3.04. The summed E-state index contributed by atoms with van der Waals surface area (Å²) in [5.41, 5.74) is 3.48. The SMILES string of the molecule is CC(c1cc(Cl)c2cncn2c1-c1ccc(S(C)(=O)=O)cc1)N1C=CCN1N. The van der Waals surface area contributed by atoms with Crippen molar-refractivity contribution in [3.8, 4) is 11.3 Å². The van der Waals surface area contributed by atoms with E-state index in [-0.39, 0.29) is 10.9 Å². The molecular weight excluding hydrogens is 398 g/mol. The topological polar surface area (TPSA) is 83.9 Å². The number of fused-ring (bicyclic) bond motifs is 1. The van der Waals surface area contributed by atoms with Gasteiger partial charge in [-0.2, -0.15) is 5.12 Å². The van der Waals surface area contributed by atoms with Crippen molar-refractivity contribution >= 4 is 27.0 Å². The lowest BCUT2D eigenvalue weighted by Crippen LogP contribution is -2.42. The quantitative estimate of drug-likeness (QED) is 0.657. The largest absolute Gasteiger partial charge is 0.297 e. The molecule has 3 aromatic rings. The lowest BCUT2D eigenvalue weighted by molar-refractivity contribution is 0.0158. The van der Waals surface area contributed by atoms with E-state index in [2.05, 4.69) is 4.98 Å². The number of imidazole rings is 1. The van der Waals surface area contributed by atoms with Gasteiger partial charge in [-0.05, 0) is 36.8 Å². The molecular formula is C19H20ClN5O2S. The summed E-state index contributed by atoms with van der Waals surface area (Å²) in [6, 6.07) is 8.65. The molecule has 1 unspecified atom stereocenters. The number of aromatic nitrogens is 2. The van der Waals surface area contributed by atoms with Gasteiger partial charge < -0.3 is 0 Å². The highest BCUT2D eigenvalue weighted by Crippen LogP contribution is 2.36. The van der Waals surface area contributed by atoms with Crippen LogP contribution in [0.1, 0.15) is 18.5 Å². The summed E-state index contributed by atoms with van der Waals surface area (Å²) >= 11 is 6.51. The number of pyridine rings is 1. The van der Waals surface area contributed by atoms with Gasteiger partial charge in [0.25, 0.3) is 0 Å². The Morgan fingerprint density at radius 1 is 1.25 bits per heavy atom. The zero-order valence-corrected chi connectivity index (χ0v) is 17.0. The van der Waals surface area contributed by atoms with Gasteiger partial charge in [0, 0.05) is 18.0 Å². The molecule has 2 N–H and O–H groups in total. The highest BCUT2D eigenvalue weighted by Gasteiger charge is 2.25. The number of nitrogens with two attached hydrogens (primary N) is 1. The Morgan fingerprint density at radius 2 is 1.96 bits per heavy atom. The summed E-state index contributed by atoms with van der Waals surface area (Å²) < 4.78 is 25.6. The van der Waals surface area contributed by atoms with Gasteiger partial charge in [-0.3, -0.25) is 15.3 Å². The van der Waals surface area contributed by atoms with E-state index in [9.17, 15) is 8.42 Å². The fourth-order valence-electron chi connectivity index (χ4n) is 3.49. The van der Waals surface area contributed by atoms with Crippen LogP contribution in [0.15, 0.2) is 60.0 Å². The lowest BCUT2D eigenvalue weighted by Gasteiger charge is -2.32. The summed E-state index contributed by atoms with van der Waals surface area (Å²) in [5.74, 6) is 6.08. The number of sulfone groups is 1. The second-order valence-corrected chi connectivity index (χ2v) is 9.23. The van der Waals surface area contributed by atoms with Crippen LogP contribution in [0.25, 0.3) is 16.8 Å². The zero-order valence-electron chi connectivity index (χ0n) is 15.4. The second-order valence-electron chi connectivity index (χ2n) is 6.80. The summed E-state index contributed by atoms with van der Waals surface area (Å²) in [7, 11) is -3.27. The highest BCUT2D eigenvalue weighted by molar-refractivity contribution is 7.90. The number of hydrazine groups is 2. The number of hydrogen-bond acceptors (Lipinski definition) is 6. The van der Waals surface area contributed by atoms with Crippen molar-refractivity contribution in [2.75, 3.05) is 12.8 Å². The Hall–Kier alpha value is -2.39. The second kappa shape index (κ2) is 6.89. The zero-order chi connectivity index (χ0) is 20.1. The fourth-order valence-corrected chi connectivity index (χ4v) is 4.38. The lowest BCUT2D eigenvalue weighted by atomic mass is 10.00. The number of benzene rings is 1. The van der Waals surface area contributed by atoms with Crippen LogP contribution in [0.4, 0.5) is 0 Å². The van der Waals surface area contributed by atoms with Gasteiger partial charge in [-0.25, -0.2) is 13.4 Å². The molecule has 1 aromatic carbocycles. The van der Waals surface area contributed by atoms with Crippen LogP contribution in [0, 0.1) is 0 Å². The first-order valence-corrected chi connectivity index (χ1v) is 11.0. The number of hydrogen-bond donors (Lipinski definition) is 1. The maximum Gasteiger partial charge on any atom is 0.175 e. The fraction of sp³-hybridized carbons (Fsp3) is 0.211. The third-order valence-corrected chi connectivity index (χ3v) is 6.36. The van der Waals surface area contributed by atoms with Crippen LogP contribution in [0.5, 0.6) is 0 Å². The Bertz CT molecular complexity index is 1170. The van der Waals surface area contributed by atoms with Crippen LogP contribution in [0.2, 0.25) is 5.02 Å². The summed E-state index contributed by atoms with van der Waals surface area (Å²) in [5, 5.41) is 4.15. The van der Waals surface area contributed by atoms with E-state index in [1.54, 1.807) is 41.9 Å². The maximum absolute atomic E-state index is 11.8. The Morgan fingerprint density at radius 3 is 2.57 bits per heavy atom. The molecule has 7 nitrogen and oxygen atoms in total. The molecule has 0 saturated heterocycles. The van der Waals surface area contributed by atoms with Crippen LogP contribution in [-0.4, -0.2) is 40.7 Å². The first-order valence-electron chi connectivity index (χ1n) is 8.69. The van der Waals surface area contributed by atoms with Crippen LogP contribution in [0.3, 0.4) is 0 Å². The predicted molar refractivity (Wildman–Crippen MR) is 109 cm³/mol. The van der Waals surface area contributed by atoms with E-state index in [0.29, 0.717) is 11.6 Å². The van der Waals surface area contributed by atoms with Crippen molar-refractivity contribution < 1.29 is 8.42 Å². The molecule has 1 aliphatic rings. The average Bonchev–Trinajstić information content (AvgIpc) is 3.30. The molecule has 0 aliphatic carbocycles. The first-order chi connectivity index (χ1) is 13.3.